The summed E-state index contributed by atoms with van der Waals surface area (Å²) >= 11 is 0. The standard InChI is InChI=1S/C22H20FN7/c23-16-6-8-17(9-7-16)26-21-19-20(25-11-10-24-19)27-22(28-21)30-14-12-29(13-15-30)18-4-2-1-3-5-18/h1-11H,12-15H2,(H,25,26,27,28). The number of benzene rings is 2. The second-order valence-electron chi connectivity index (χ2n) is 7.04. The molecule has 1 saturated heterocycles. The van der Waals surface area contributed by atoms with Gasteiger partial charge in [0.2, 0.25) is 5.95 Å². The van der Waals surface area contributed by atoms with Gasteiger partial charge in [-0.15, -0.1) is 0 Å². The molecule has 1 aliphatic heterocycles. The highest BCUT2D eigenvalue weighted by atomic mass is 19.1. The molecule has 1 aliphatic rings. The summed E-state index contributed by atoms with van der Waals surface area (Å²) in [6.45, 7) is 3.37. The minimum atomic E-state index is -0.287. The maximum atomic E-state index is 13.3. The van der Waals surface area contributed by atoms with Gasteiger partial charge >= 0.3 is 0 Å². The Hall–Kier alpha value is -3.81. The monoisotopic (exact) mass is 401 g/mol. The van der Waals surface area contributed by atoms with Crippen molar-refractivity contribution in [3.8, 4) is 0 Å². The normalized spacial score (nSPS) is 14.2. The lowest BCUT2D eigenvalue weighted by Gasteiger charge is -2.36. The Morgan fingerprint density at radius 3 is 2.23 bits per heavy atom. The van der Waals surface area contributed by atoms with E-state index in [0.717, 1.165) is 31.9 Å². The third kappa shape index (κ3) is 3.71. The van der Waals surface area contributed by atoms with E-state index in [1.165, 1.54) is 17.8 Å². The molecule has 8 heteroatoms. The molecule has 2 aromatic heterocycles. The number of piperazine rings is 1. The van der Waals surface area contributed by atoms with Gasteiger partial charge in [0.05, 0.1) is 0 Å². The molecule has 3 heterocycles. The van der Waals surface area contributed by atoms with Crippen LogP contribution in [0.15, 0.2) is 67.0 Å². The first kappa shape index (κ1) is 18.2. The Morgan fingerprint density at radius 1 is 0.767 bits per heavy atom. The molecule has 0 radical (unpaired) electrons. The predicted molar refractivity (Wildman–Crippen MR) is 116 cm³/mol. The summed E-state index contributed by atoms with van der Waals surface area (Å²) in [5, 5.41) is 3.23. The van der Waals surface area contributed by atoms with Crippen LogP contribution >= 0.6 is 0 Å². The third-order valence-corrected chi connectivity index (χ3v) is 5.11. The highest BCUT2D eigenvalue weighted by molar-refractivity contribution is 5.85. The van der Waals surface area contributed by atoms with Crippen LogP contribution in [-0.2, 0) is 0 Å². The fourth-order valence-electron chi connectivity index (χ4n) is 3.55. The molecule has 0 unspecified atom stereocenters. The molecule has 0 bridgehead atoms. The summed E-state index contributed by atoms with van der Waals surface area (Å²) < 4.78 is 13.3. The largest absolute Gasteiger partial charge is 0.368 e. The van der Waals surface area contributed by atoms with Crippen molar-refractivity contribution in [1.82, 2.24) is 19.9 Å². The van der Waals surface area contributed by atoms with Crippen molar-refractivity contribution in [1.29, 1.82) is 0 Å². The molecule has 1 fully saturated rings. The second kappa shape index (κ2) is 7.90. The lowest BCUT2D eigenvalue weighted by atomic mass is 10.2. The number of halogens is 1. The molecule has 1 N–H and O–H groups in total. The predicted octanol–water partition coefficient (Wildman–Crippen LogP) is 3.63. The van der Waals surface area contributed by atoms with Crippen LogP contribution in [0.1, 0.15) is 0 Å². The first-order valence-electron chi connectivity index (χ1n) is 9.82. The number of rotatable bonds is 4. The second-order valence-corrected chi connectivity index (χ2v) is 7.04. The minimum Gasteiger partial charge on any atom is -0.368 e. The Labute approximate surface area is 173 Å². The molecule has 0 atom stereocenters. The van der Waals surface area contributed by atoms with E-state index in [-0.39, 0.29) is 5.82 Å². The zero-order valence-corrected chi connectivity index (χ0v) is 16.2. The molecule has 0 spiro atoms. The van der Waals surface area contributed by atoms with Crippen LogP contribution in [-0.4, -0.2) is 46.1 Å². The van der Waals surface area contributed by atoms with Gasteiger partial charge in [-0.2, -0.15) is 9.97 Å². The van der Waals surface area contributed by atoms with Crippen molar-refractivity contribution in [3.63, 3.8) is 0 Å². The molecule has 0 saturated carbocycles. The van der Waals surface area contributed by atoms with E-state index >= 15 is 0 Å². The van der Waals surface area contributed by atoms with Gasteiger partial charge in [-0.05, 0) is 36.4 Å². The fraction of sp³-hybridized carbons (Fsp3) is 0.182. The quantitative estimate of drug-likeness (QED) is 0.560. The Kier molecular flexibility index (Phi) is 4.80. The summed E-state index contributed by atoms with van der Waals surface area (Å²) in [4.78, 5) is 22.6. The van der Waals surface area contributed by atoms with Gasteiger partial charge in [-0.3, -0.25) is 0 Å². The molecule has 4 aromatic rings. The highest BCUT2D eigenvalue weighted by Gasteiger charge is 2.21. The van der Waals surface area contributed by atoms with E-state index < -0.39 is 0 Å². The Balaban J connectivity index is 1.41. The maximum Gasteiger partial charge on any atom is 0.229 e. The SMILES string of the molecule is Fc1ccc(Nc2nc(N3CCN(c4ccccc4)CC3)nc3nccnc23)cc1. The number of fused-ring (bicyclic) bond motifs is 1. The third-order valence-electron chi connectivity index (χ3n) is 5.11. The Bertz CT molecular complexity index is 1140. The minimum absolute atomic E-state index is 0.287. The number of anilines is 4. The van der Waals surface area contributed by atoms with E-state index in [2.05, 4.69) is 54.3 Å². The van der Waals surface area contributed by atoms with Gasteiger partial charge in [-0.25, -0.2) is 14.4 Å². The molecule has 0 aliphatic carbocycles. The molecule has 0 amide bonds. The molecule has 7 nitrogen and oxygen atoms in total. The number of aromatic nitrogens is 4. The number of nitrogens with one attached hydrogen (secondary N) is 1. The van der Waals surface area contributed by atoms with Crippen LogP contribution in [0.3, 0.4) is 0 Å². The number of para-hydroxylation sites is 1. The van der Waals surface area contributed by atoms with Crippen LogP contribution in [0.2, 0.25) is 0 Å². The number of hydrogen-bond donors (Lipinski definition) is 1. The van der Waals surface area contributed by atoms with Crippen molar-refractivity contribution in [2.45, 2.75) is 0 Å². The maximum absolute atomic E-state index is 13.3. The van der Waals surface area contributed by atoms with Gasteiger partial charge in [0.15, 0.2) is 17.0 Å². The fourth-order valence-corrected chi connectivity index (χ4v) is 3.55. The van der Waals surface area contributed by atoms with Crippen LogP contribution in [0, 0.1) is 5.82 Å². The van der Waals surface area contributed by atoms with Gasteiger partial charge in [-0.1, -0.05) is 18.2 Å². The summed E-state index contributed by atoms with van der Waals surface area (Å²) in [7, 11) is 0. The van der Waals surface area contributed by atoms with Crippen LogP contribution in [0.25, 0.3) is 11.2 Å². The number of hydrogen-bond acceptors (Lipinski definition) is 7. The average Bonchev–Trinajstić information content (AvgIpc) is 2.81. The van der Waals surface area contributed by atoms with E-state index in [9.17, 15) is 4.39 Å². The molecular formula is C22H20FN7. The van der Waals surface area contributed by atoms with Gasteiger partial charge in [0.25, 0.3) is 0 Å². The van der Waals surface area contributed by atoms with Crippen molar-refractivity contribution in [2.75, 3.05) is 41.3 Å². The lowest BCUT2D eigenvalue weighted by Crippen LogP contribution is -2.47. The summed E-state index contributed by atoms with van der Waals surface area (Å²) in [6.07, 6.45) is 3.23. The van der Waals surface area contributed by atoms with Crippen molar-refractivity contribution >= 4 is 34.3 Å². The van der Waals surface area contributed by atoms with Crippen molar-refractivity contribution < 1.29 is 4.39 Å². The van der Waals surface area contributed by atoms with E-state index in [1.54, 1.807) is 24.5 Å². The smallest absolute Gasteiger partial charge is 0.229 e. The summed E-state index contributed by atoms with van der Waals surface area (Å²) in [6, 6.07) is 16.5. The van der Waals surface area contributed by atoms with E-state index in [4.69, 9.17) is 4.98 Å². The van der Waals surface area contributed by atoms with E-state index in [1.807, 2.05) is 6.07 Å². The van der Waals surface area contributed by atoms with Crippen LogP contribution < -0.4 is 15.1 Å². The molecule has 2 aromatic carbocycles. The summed E-state index contributed by atoms with van der Waals surface area (Å²) in [5.74, 6) is 0.880. The molecule has 30 heavy (non-hydrogen) atoms. The molecule has 5 rings (SSSR count). The zero-order chi connectivity index (χ0) is 20.3. The summed E-state index contributed by atoms with van der Waals surface area (Å²) in [5.41, 5.74) is 3.05. The molecule has 150 valence electrons. The van der Waals surface area contributed by atoms with Crippen molar-refractivity contribution in [3.05, 3.63) is 72.8 Å². The average molecular weight is 401 g/mol. The molecular weight excluding hydrogens is 381 g/mol. The first-order chi connectivity index (χ1) is 14.8. The Morgan fingerprint density at radius 2 is 1.47 bits per heavy atom. The zero-order valence-electron chi connectivity index (χ0n) is 16.2. The topological polar surface area (TPSA) is 70.1 Å². The lowest BCUT2D eigenvalue weighted by molar-refractivity contribution is 0.628. The van der Waals surface area contributed by atoms with Crippen LogP contribution in [0.5, 0.6) is 0 Å². The van der Waals surface area contributed by atoms with E-state index in [0.29, 0.717) is 22.9 Å². The van der Waals surface area contributed by atoms with Crippen molar-refractivity contribution in [2.24, 2.45) is 0 Å². The first-order valence-corrected chi connectivity index (χ1v) is 9.82. The van der Waals surface area contributed by atoms with Gasteiger partial charge < -0.3 is 15.1 Å². The van der Waals surface area contributed by atoms with Gasteiger partial charge in [0.1, 0.15) is 5.82 Å². The highest BCUT2D eigenvalue weighted by Crippen LogP contribution is 2.25. The van der Waals surface area contributed by atoms with Crippen LogP contribution in [0.4, 0.5) is 27.5 Å². The van der Waals surface area contributed by atoms with Gasteiger partial charge in [0, 0.05) is 49.9 Å². The number of nitrogens with zero attached hydrogens (tertiary/aromatic N) is 6.